The SMILES string of the molecule is O=C(CCn1nnc2ccccc2c1=O)NNC(=O)c1ccc(-c2ccc(F)cc2)s1. The van der Waals surface area contributed by atoms with Crippen LogP contribution in [0.4, 0.5) is 4.39 Å². The molecule has 31 heavy (non-hydrogen) atoms. The van der Waals surface area contributed by atoms with E-state index in [-0.39, 0.29) is 24.3 Å². The molecule has 0 aliphatic heterocycles. The highest BCUT2D eigenvalue weighted by molar-refractivity contribution is 7.17. The van der Waals surface area contributed by atoms with Gasteiger partial charge in [-0.1, -0.05) is 29.5 Å². The van der Waals surface area contributed by atoms with E-state index in [0.29, 0.717) is 15.8 Å². The molecule has 8 nitrogen and oxygen atoms in total. The predicted octanol–water partition coefficient (Wildman–Crippen LogP) is 2.51. The monoisotopic (exact) mass is 437 g/mol. The van der Waals surface area contributed by atoms with Crippen molar-refractivity contribution in [2.24, 2.45) is 0 Å². The molecule has 0 aliphatic rings. The fourth-order valence-electron chi connectivity index (χ4n) is 2.86. The molecule has 0 spiro atoms. The van der Waals surface area contributed by atoms with E-state index in [0.717, 1.165) is 15.1 Å². The number of carbonyl (C=O) groups is 2. The first kappa shape index (κ1) is 20.4. The summed E-state index contributed by atoms with van der Waals surface area (Å²) in [6.45, 7) is 0.0199. The van der Waals surface area contributed by atoms with E-state index < -0.39 is 11.8 Å². The molecule has 2 N–H and O–H groups in total. The number of thiophene rings is 1. The van der Waals surface area contributed by atoms with Gasteiger partial charge in [-0.15, -0.1) is 16.4 Å². The van der Waals surface area contributed by atoms with Crippen LogP contribution in [0.25, 0.3) is 21.3 Å². The quantitative estimate of drug-likeness (QED) is 0.467. The van der Waals surface area contributed by atoms with Crippen LogP contribution in [0.15, 0.2) is 65.5 Å². The van der Waals surface area contributed by atoms with Crippen LogP contribution in [-0.4, -0.2) is 26.8 Å². The number of hydrazine groups is 1. The zero-order chi connectivity index (χ0) is 21.8. The molecular formula is C21H16FN5O3S. The fourth-order valence-corrected chi connectivity index (χ4v) is 3.76. The zero-order valence-corrected chi connectivity index (χ0v) is 16.9. The molecule has 2 amide bonds. The average Bonchev–Trinajstić information content (AvgIpc) is 3.28. The normalized spacial score (nSPS) is 10.7. The molecule has 0 radical (unpaired) electrons. The number of hydrogen-bond donors (Lipinski definition) is 2. The van der Waals surface area contributed by atoms with Crippen LogP contribution in [0.2, 0.25) is 0 Å². The van der Waals surface area contributed by atoms with E-state index in [1.165, 1.54) is 23.5 Å². The Morgan fingerprint density at radius 3 is 2.58 bits per heavy atom. The second-order valence-electron chi connectivity index (χ2n) is 6.56. The predicted molar refractivity (Wildman–Crippen MR) is 114 cm³/mol. The number of halogens is 1. The van der Waals surface area contributed by atoms with Crippen molar-refractivity contribution in [3.05, 3.63) is 81.7 Å². The summed E-state index contributed by atoms with van der Waals surface area (Å²) >= 11 is 1.22. The molecule has 0 saturated heterocycles. The zero-order valence-electron chi connectivity index (χ0n) is 16.0. The molecule has 0 unspecified atom stereocenters. The third kappa shape index (κ3) is 4.64. The Morgan fingerprint density at radius 1 is 1.00 bits per heavy atom. The molecular weight excluding hydrogens is 421 g/mol. The van der Waals surface area contributed by atoms with E-state index in [4.69, 9.17) is 0 Å². The Bertz CT molecular complexity index is 1320. The van der Waals surface area contributed by atoms with Crippen LogP contribution in [0.1, 0.15) is 16.1 Å². The van der Waals surface area contributed by atoms with Crippen molar-refractivity contribution in [3.8, 4) is 10.4 Å². The van der Waals surface area contributed by atoms with Crippen LogP contribution in [0, 0.1) is 5.82 Å². The summed E-state index contributed by atoms with van der Waals surface area (Å²) in [5, 5.41) is 8.20. The van der Waals surface area contributed by atoms with E-state index in [9.17, 15) is 18.8 Å². The van der Waals surface area contributed by atoms with Crippen molar-refractivity contribution < 1.29 is 14.0 Å². The molecule has 2 heterocycles. The minimum atomic E-state index is -0.481. The molecule has 0 fully saturated rings. The maximum absolute atomic E-state index is 13.0. The van der Waals surface area contributed by atoms with Gasteiger partial charge in [0, 0.05) is 11.3 Å². The summed E-state index contributed by atoms with van der Waals surface area (Å²) in [5.41, 5.74) is 5.59. The first-order chi connectivity index (χ1) is 15.0. The Hall–Kier alpha value is -3.92. The van der Waals surface area contributed by atoms with Crippen LogP contribution in [0.5, 0.6) is 0 Å². The molecule has 0 atom stereocenters. The van der Waals surface area contributed by atoms with Gasteiger partial charge >= 0.3 is 0 Å². The third-order valence-corrected chi connectivity index (χ3v) is 5.59. The second kappa shape index (κ2) is 8.84. The van der Waals surface area contributed by atoms with Gasteiger partial charge in [-0.2, -0.15) is 0 Å². The van der Waals surface area contributed by atoms with Gasteiger partial charge in [0.15, 0.2) is 0 Å². The van der Waals surface area contributed by atoms with Gasteiger partial charge in [-0.05, 0) is 42.0 Å². The average molecular weight is 437 g/mol. The second-order valence-corrected chi connectivity index (χ2v) is 7.64. The van der Waals surface area contributed by atoms with E-state index in [1.54, 1.807) is 48.5 Å². The van der Waals surface area contributed by atoms with Gasteiger partial charge in [-0.25, -0.2) is 9.07 Å². The first-order valence-corrected chi connectivity index (χ1v) is 10.1. The Labute approximate surface area is 179 Å². The Kier molecular flexibility index (Phi) is 5.80. The van der Waals surface area contributed by atoms with Crippen LogP contribution < -0.4 is 16.4 Å². The molecule has 10 heteroatoms. The number of benzene rings is 2. The highest BCUT2D eigenvalue weighted by Gasteiger charge is 2.12. The molecule has 4 aromatic rings. The number of nitrogens with one attached hydrogen (secondary N) is 2. The number of amides is 2. The molecule has 2 aromatic heterocycles. The van der Waals surface area contributed by atoms with Crippen molar-refractivity contribution in [1.82, 2.24) is 25.8 Å². The Morgan fingerprint density at radius 2 is 1.77 bits per heavy atom. The van der Waals surface area contributed by atoms with E-state index >= 15 is 0 Å². The van der Waals surface area contributed by atoms with Gasteiger partial charge in [0.2, 0.25) is 5.91 Å². The lowest BCUT2D eigenvalue weighted by Gasteiger charge is -2.07. The molecule has 4 rings (SSSR count). The molecule has 0 bridgehead atoms. The summed E-state index contributed by atoms with van der Waals surface area (Å²) < 4.78 is 14.2. The standard InChI is InChI=1S/C21H16FN5O3S/c22-14-7-5-13(6-8-14)17-9-10-18(31-17)20(29)25-24-19(28)11-12-27-21(30)15-3-1-2-4-16(15)23-26-27/h1-10H,11-12H2,(H,24,28)(H,25,29). The lowest BCUT2D eigenvalue weighted by molar-refractivity contribution is -0.122. The van der Waals surface area contributed by atoms with Gasteiger partial charge in [0.1, 0.15) is 11.3 Å². The lowest BCUT2D eigenvalue weighted by Crippen LogP contribution is -2.42. The van der Waals surface area contributed by atoms with E-state index in [1.807, 2.05) is 0 Å². The maximum atomic E-state index is 13.0. The first-order valence-electron chi connectivity index (χ1n) is 9.29. The number of nitrogens with zero attached hydrogens (tertiary/aromatic N) is 3. The highest BCUT2D eigenvalue weighted by Crippen LogP contribution is 2.28. The van der Waals surface area contributed by atoms with Gasteiger partial charge in [0.05, 0.1) is 16.8 Å². The Balaban J connectivity index is 1.32. The van der Waals surface area contributed by atoms with Gasteiger partial charge in [-0.3, -0.25) is 25.2 Å². The topological polar surface area (TPSA) is 106 Å². The van der Waals surface area contributed by atoms with Crippen molar-refractivity contribution in [3.63, 3.8) is 0 Å². The number of carbonyl (C=O) groups excluding carboxylic acids is 2. The van der Waals surface area contributed by atoms with Crippen molar-refractivity contribution in [2.45, 2.75) is 13.0 Å². The largest absolute Gasteiger partial charge is 0.279 e. The van der Waals surface area contributed by atoms with Crippen molar-refractivity contribution >= 4 is 34.1 Å². The summed E-state index contributed by atoms with van der Waals surface area (Å²) in [6.07, 6.45) is -0.0710. The van der Waals surface area contributed by atoms with E-state index in [2.05, 4.69) is 21.2 Å². The molecule has 0 aliphatic carbocycles. The van der Waals surface area contributed by atoms with Crippen LogP contribution in [0.3, 0.4) is 0 Å². The fraction of sp³-hybridized carbons (Fsp3) is 0.0952. The number of fused-ring (bicyclic) bond motifs is 1. The van der Waals surface area contributed by atoms with Crippen molar-refractivity contribution in [2.75, 3.05) is 0 Å². The van der Waals surface area contributed by atoms with Gasteiger partial charge in [0.25, 0.3) is 11.5 Å². The molecule has 156 valence electrons. The van der Waals surface area contributed by atoms with Crippen LogP contribution >= 0.6 is 11.3 Å². The molecule has 0 saturated carbocycles. The van der Waals surface area contributed by atoms with Gasteiger partial charge < -0.3 is 0 Å². The molecule has 2 aromatic carbocycles. The third-order valence-electron chi connectivity index (χ3n) is 4.45. The lowest BCUT2D eigenvalue weighted by atomic mass is 10.2. The van der Waals surface area contributed by atoms with Crippen molar-refractivity contribution in [1.29, 1.82) is 0 Å². The number of aryl methyl sites for hydroxylation is 1. The number of rotatable bonds is 5. The smallest absolute Gasteiger partial charge is 0.273 e. The highest BCUT2D eigenvalue weighted by atomic mass is 32.1. The minimum Gasteiger partial charge on any atom is -0.273 e. The minimum absolute atomic E-state index is 0.0199. The summed E-state index contributed by atoms with van der Waals surface area (Å²) in [5.74, 6) is -1.29. The maximum Gasteiger partial charge on any atom is 0.279 e. The number of hydrogen-bond acceptors (Lipinski definition) is 6. The summed E-state index contributed by atoms with van der Waals surface area (Å²) in [4.78, 5) is 37.9. The summed E-state index contributed by atoms with van der Waals surface area (Å²) in [7, 11) is 0. The summed E-state index contributed by atoms with van der Waals surface area (Å²) in [6, 6.07) is 16.1. The van der Waals surface area contributed by atoms with Crippen LogP contribution in [-0.2, 0) is 11.3 Å². The number of aromatic nitrogens is 3.